The van der Waals surface area contributed by atoms with Crippen LogP contribution in [0.2, 0.25) is 0 Å². The van der Waals surface area contributed by atoms with Crippen LogP contribution in [0.3, 0.4) is 0 Å². The summed E-state index contributed by atoms with van der Waals surface area (Å²) in [6.07, 6.45) is 2.33. The molecule has 2 aromatic carbocycles. The highest BCUT2D eigenvalue weighted by Gasteiger charge is 2.12. The van der Waals surface area contributed by atoms with Crippen LogP contribution in [0, 0.1) is 0 Å². The fourth-order valence-electron chi connectivity index (χ4n) is 2.17. The number of hydrogen-bond donors (Lipinski definition) is 2. The minimum Gasteiger partial charge on any atom is -0.493 e. The Morgan fingerprint density at radius 1 is 1.12 bits per heavy atom. The smallest absolute Gasteiger partial charge is 0.244 e. The molecule has 2 N–H and O–H groups in total. The van der Waals surface area contributed by atoms with Crippen molar-refractivity contribution in [2.75, 3.05) is 20.8 Å². The van der Waals surface area contributed by atoms with E-state index in [9.17, 15) is 9.90 Å². The standard InChI is InChI=1S/C19H21NO4/c1-23-17-10-9-15(12-18(17)24-2)16(21)13-20-19(22)11-8-14-6-4-3-5-7-14/h3-12,16,21H,13H2,1-2H3,(H,20,22). The Labute approximate surface area is 141 Å². The van der Waals surface area contributed by atoms with E-state index in [4.69, 9.17) is 9.47 Å². The van der Waals surface area contributed by atoms with Crippen LogP contribution in [0.25, 0.3) is 6.08 Å². The molecule has 0 aliphatic rings. The van der Waals surface area contributed by atoms with Crippen molar-refractivity contribution in [1.29, 1.82) is 0 Å². The summed E-state index contributed by atoms with van der Waals surface area (Å²) in [5.41, 5.74) is 1.58. The van der Waals surface area contributed by atoms with Crippen molar-refractivity contribution in [2.24, 2.45) is 0 Å². The predicted octanol–water partition coefficient (Wildman–Crippen LogP) is 2.57. The second kappa shape index (κ2) is 8.74. The molecule has 0 spiro atoms. The number of rotatable bonds is 7. The molecule has 0 aliphatic carbocycles. The molecule has 0 fully saturated rings. The quantitative estimate of drug-likeness (QED) is 0.767. The van der Waals surface area contributed by atoms with Gasteiger partial charge in [0.1, 0.15) is 0 Å². The van der Waals surface area contributed by atoms with Crippen LogP contribution in [0.5, 0.6) is 11.5 Å². The Bertz CT molecular complexity index is 698. The van der Waals surface area contributed by atoms with E-state index in [1.54, 1.807) is 31.4 Å². The average molecular weight is 327 g/mol. The van der Waals surface area contributed by atoms with Gasteiger partial charge in [-0.05, 0) is 29.3 Å². The predicted molar refractivity (Wildman–Crippen MR) is 93.0 cm³/mol. The molecule has 0 radical (unpaired) electrons. The van der Waals surface area contributed by atoms with Crippen LogP contribution in [0.1, 0.15) is 17.2 Å². The summed E-state index contributed by atoms with van der Waals surface area (Å²) < 4.78 is 10.4. The van der Waals surface area contributed by atoms with Crippen molar-refractivity contribution < 1.29 is 19.4 Å². The molecule has 2 rings (SSSR count). The van der Waals surface area contributed by atoms with Gasteiger partial charge in [0.25, 0.3) is 0 Å². The second-order valence-corrected chi connectivity index (χ2v) is 5.12. The molecule has 0 aliphatic heterocycles. The topological polar surface area (TPSA) is 67.8 Å². The fraction of sp³-hybridized carbons (Fsp3) is 0.211. The van der Waals surface area contributed by atoms with Crippen LogP contribution >= 0.6 is 0 Å². The van der Waals surface area contributed by atoms with E-state index in [1.807, 2.05) is 30.3 Å². The number of carbonyl (C=O) groups is 1. The minimum atomic E-state index is -0.834. The van der Waals surface area contributed by atoms with E-state index in [-0.39, 0.29) is 12.5 Å². The zero-order valence-corrected chi connectivity index (χ0v) is 13.7. The van der Waals surface area contributed by atoms with Crippen LogP contribution in [-0.2, 0) is 4.79 Å². The first-order valence-electron chi connectivity index (χ1n) is 7.55. The molecule has 5 heteroatoms. The van der Waals surface area contributed by atoms with Crippen molar-refractivity contribution in [3.8, 4) is 11.5 Å². The van der Waals surface area contributed by atoms with Crippen molar-refractivity contribution in [3.63, 3.8) is 0 Å². The summed E-state index contributed by atoms with van der Waals surface area (Å²) in [5, 5.41) is 12.9. The highest BCUT2D eigenvalue weighted by molar-refractivity contribution is 5.91. The molecular weight excluding hydrogens is 306 g/mol. The number of benzene rings is 2. The number of ether oxygens (including phenoxy) is 2. The summed E-state index contributed by atoms with van der Waals surface area (Å²) >= 11 is 0. The van der Waals surface area contributed by atoms with Gasteiger partial charge in [0.15, 0.2) is 11.5 Å². The van der Waals surface area contributed by atoms with E-state index in [0.717, 1.165) is 5.56 Å². The van der Waals surface area contributed by atoms with Crippen LogP contribution in [0.4, 0.5) is 0 Å². The first-order chi connectivity index (χ1) is 11.6. The number of hydrogen-bond acceptors (Lipinski definition) is 4. The molecule has 1 unspecified atom stereocenters. The molecule has 2 aromatic rings. The third kappa shape index (κ3) is 4.86. The van der Waals surface area contributed by atoms with Gasteiger partial charge in [-0.15, -0.1) is 0 Å². The lowest BCUT2D eigenvalue weighted by Gasteiger charge is -2.14. The van der Waals surface area contributed by atoms with Crippen molar-refractivity contribution in [3.05, 3.63) is 65.7 Å². The summed E-state index contributed by atoms with van der Waals surface area (Å²) in [4.78, 5) is 11.8. The molecular formula is C19H21NO4. The van der Waals surface area contributed by atoms with Gasteiger partial charge in [-0.2, -0.15) is 0 Å². The third-order valence-corrected chi connectivity index (χ3v) is 3.49. The summed E-state index contributed by atoms with van der Waals surface area (Å²) in [6, 6.07) is 14.7. The van der Waals surface area contributed by atoms with Crippen molar-refractivity contribution in [2.45, 2.75) is 6.10 Å². The van der Waals surface area contributed by atoms with E-state index in [0.29, 0.717) is 17.1 Å². The van der Waals surface area contributed by atoms with Crippen LogP contribution in [0.15, 0.2) is 54.6 Å². The SMILES string of the molecule is COc1ccc(C(O)CNC(=O)C=Cc2ccccc2)cc1OC. The third-order valence-electron chi connectivity index (χ3n) is 3.49. The maximum Gasteiger partial charge on any atom is 0.244 e. The van der Waals surface area contributed by atoms with E-state index in [2.05, 4.69) is 5.32 Å². The first kappa shape index (κ1) is 17.6. The molecule has 126 valence electrons. The Morgan fingerprint density at radius 2 is 1.83 bits per heavy atom. The monoisotopic (exact) mass is 327 g/mol. The second-order valence-electron chi connectivity index (χ2n) is 5.12. The van der Waals surface area contributed by atoms with E-state index < -0.39 is 6.10 Å². The summed E-state index contributed by atoms with van der Waals surface area (Å²) in [5.74, 6) is 0.853. The molecule has 0 aromatic heterocycles. The number of amides is 1. The number of nitrogens with one attached hydrogen (secondary N) is 1. The Kier molecular flexibility index (Phi) is 6.40. The lowest BCUT2D eigenvalue weighted by Crippen LogP contribution is -2.26. The van der Waals surface area contributed by atoms with Gasteiger partial charge >= 0.3 is 0 Å². The molecule has 24 heavy (non-hydrogen) atoms. The zero-order valence-electron chi connectivity index (χ0n) is 13.7. The van der Waals surface area contributed by atoms with Gasteiger partial charge in [-0.25, -0.2) is 0 Å². The largest absolute Gasteiger partial charge is 0.493 e. The molecule has 0 saturated heterocycles. The van der Waals surface area contributed by atoms with Crippen molar-refractivity contribution >= 4 is 12.0 Å². The van der Waals surface area contributed by atoms with Gasteiger partial charge in [-0.3, -0.25) is 4.79 Å². The van der Waals surface area contributed by atoms with Crippen molar-refractivity contribution in [1.82, 2.24) is 5.32 Å². The van der Waals surface area contributed by atoms with Gasteiger partial charge in [-0.1, -0.05) is 36.4 Å². The van der Waals surface area contributed by atoms with Gasteiger partial charge < -0.3 is 19.9 Å². The molecule has 0 bridgehead atoms. The highest BCUT2D eigenvalue weighted by Crippen LogP contribution is 2.29. The number of aliphatic hydroxyl groups is 1. The number of carbonyl (C=O) groups excluding carboxylic acids is 1. The van der Waals surface area contributed by atoms with Crippen LogP contribution < -0.4 is 14.8 Å². The lowest BCUT2D eigenvalue weighted by atomic mass is 10.1. The number of methoxy groups -OCH3 is 2. The number of aliphatic hydroxyl groups excluding tert-OH is 1. The van der Waals surface area contributed by atoms with Crippen LogP contribution in [-0.4, -0.2) is 31.8 Å². The molecule has 1 atom stereocenters. The van der Waals surface area contributed by atoms with E-state index in [1.165, 1.54) is 13.2 Å². The van der Waals surface area contributed by atoms with E-state index >= 15 is 0 Å². The molecule has 0 heterocycles. The maximum absolute atomic E-state index is 11.8. The zero-order chi connectivity index (χ0) is 17.4. The Morgan fingerprint density at radius 3 is 2.50 bits per heavy atom. The van der Waals surface area contributed by atoms with Gasteiger partial charge in [0, 0.05) is 12.6 Å². The average Bonchev–Trinajstić information content (AvgIpc) is 2.64. The highest BCUT2D eigenvalue weighted by atomic mass is 16.5. The Hall–Kier alpha value is -2.79. The Balaban J connectivity index is 1.91. The van der Waals surface area contributed by atoms with Gasteiger partial charge in [0.05, 0.1) is 20.3 Å². The first-order valence-corrected chi connectivity index (χ1v) is 7.55. The fourth-order valence-corrected chi connectivity index (χ4v) is 2.17. The molecule has 5 nitrogen and oxygen atoms in total. The van der Waals surface area contributed by atoms with Gasteiger partial charge in [0.2, 0.25) is 5.91 Å². The molecule has 1 amide bonds. The lowest BCUT2D eigenvalue weighted by molar-refractivity contribution is -0.116. The summed E-state index contributed by atoms with van der Waals surface area (Å²) in [6.45, 7) is 0.105. The normalized spacial score (nSPS) is 12.0. The maximum atomic E-state index is 11.8. The molecule has 0 saturated carbocycles. The summed E-state index contributed by atoms with van der Waals surface area (Å²) in [7, 11) is 3.08. The minimum absolute atomic E-state index is 0.105.